The molecule has 2 rings (SSSR count). The molecule has 0 atom stereocenters. The zero-order chi connectivity index (χ0) is 13.5. The van der Waals surface area contributed by atoms with Crippen molar-refractivity contribution in [3.8, 4) is 0 Å². The van der Waals surface area contributed by atoms with Gasteiger partial charge in [-0.05, 0) is 24.3 Å². The van der Waals surface area contributed by atoms with E-state index < -0.39 is 0 Å². The van der Waals surface area contributed by atoms with E-state index in [1.807, 2.05) is 12.1 Å². The zero-order valence-electron chi connectivity index (χ0n) is 10.6. The fraction of sp³-hybridized carbons (Fsp3) is 0.462. The van der Waals surface area contributed by atoms with Gasteiger partial charge in [-0.25, -0.2) is 5.48 Å². The predicted molar refractivity (Wildman–Crippen MR) is 74.8 cm³/mol. The molecular weight excluding hydrogens is 312 g/mol. The molecule has 0 spiro atoms. The van der Waals surface area contributed by atoms with Gasteiger partial charge in [-0.3, -0.25) is 14.5 Å². The number of nitrogens with one attached hydrogen (secondary N) is 1. The van der Waals surface area contributed by atoms with Crippen molar-refractivity contribution in [3.63, 3.8) is 0 Å². The molecule has 1 aliphatic rings. The van der Waals surface area contributed by atoms with Crippen LogP contribution in [0.1, 0.15) is 10.4 Å². The van der Waals surface area contributed by atoms with Crippen molar-refractivity contribution in [2.24, 2.45) is 0 Å². The third-order valence-electron chi connectivity index (χ3n) is 2.88. The first-order valence-electron chi connectivity index (χ1n) is 6.23. The Balaban J connectivity index is 1.64. The van der Waals surface area contributed by atoms with Crippen LogP contribution in [0.4, 0.5) is 0 Å². The maximum Gasteiger partial charge on any atom is 0.274 e. The van der Waals surface area contributed by atoms with Crippen molar-refractivity contribution in [3.05, 3.63) is 34.3 Å². The van der Waals surface area contributed by atoms with Crippen LogP contribution in [-0.2, 0) is 9.57 Å². The monoisotopic (exact) mass is 328 g/mol. The molecule has 0 bridgehead atoms. The molecule has 1 N–H and O–H groups in total. The summed E-state index contributed by atoms with van der Waals surface area (Å²) < 4.78 is 6.20. The lowest BCUT2D eigenvalue weighted by atomic mass is 10.2. The lowest BCUT2D eigenvalue weighted by Gasteiger charge is -2.26. The van der Waals surface area contributed by atoms with E-state index in [0.29, 0.717) is 12.2 Å². The standard InChI is InChI=1S/C13H17BrN2O3/c14-12-3-1-11(2-4-12)13(17)15-19-10-7-16-5-8-18-9-6-16/h1-4H,5-10H2,(H,15,17). The van der Waals surface area contributed by atoms with Crippen LogP contribution >= 0.6 is 15.9 Å². The zero-order valence-corrected chi connectivity index (χ0v) is 12.2. The maximum atomic E-state index is 11.7. The van der Waals surface area contributed by atoms with Gasteiger partial charge in [0.2, 0.25) is 0 Å². The van der Waals surface area contributed by atoms with Crippen LogP contribution in [0.5, 0.6) is 0 Å². The number of rotatable bonds is 5. The molecule has 19 heavy (non-hydrogen) atoms. The Bertz CT molecular complexity index is 405. The molecule has 1 amide bonds. The Kier molecular flexibility index (Phi) is 5.78. The number of halogens is 1. The van der Waals surface area contributed by atoms with Gasteiger partial charge in [0.05, 0.1) is 19.8 Å². The number of morpholine rings is 1. The van der Waals surface area contributed by atoms with Gasteiger partial charge in [0.15, 0.2) is 0 Å². The van der Waals surface area contributed by atoms with Crippen LogP contribution in [-0.4, -0.2) is 50.3 Å². The molecule has 1 saturated heterocycles. The molecule has 0 unspecified atom stereocenters. The van der Waals surface area contributed by atoms with Crippen molar-refractivity contribution in [1.29, 1.82) is 0 Å². The first kappa shape index (κ1) is 14.5. The highest BCUT2D eigenvalue weighted by Crippen LogP contribution is 2.10. The van der Waals surface area contributed by atoms with Gasteiger partial charge in [0, 0.05) is 29.7 Å². The number of benzene rings is 1. The topological polar surface area (TPSA) is 50.8 Å². The fourth-order valence-electron chi connectivity index (χ4n) is 1.78. The summed E-state index contributed by atoms with van der Waals surface area (Å²) >= 11 is 3.32. The summed E-state index contributed by atoms with van der Waals surface area (Å²) in [5, 5.41) is 0. The summed E-state index contributed by atoms with van der Waals surface area (Å²) in [4.78, 5) is 19.2. The minimum Gasteiger partial charge on any atom is -0.379 e. The van der Waals surface area contributed by atoms with Gasteiger partial charge in [-0.2, -0.15) is 0 Å². The molecule has 1 aromatic rings. The highest BCUT2D eigenvalue weighted by Gasteiger charge is 2.10. The second-order valence-corrected chi connectivity index (χ2v) is 5.16. The number of ether oxygens (including phenoxy) is 1. The molecule has 6 heteroatoms. The van der Waals surface area contributed by atoms with Gasteiger partial charge in [0.25, 0.3) is 5.91 Å². The van der Waals surface area contributed by atoms with Crippen LogP contribution in [0, 0.1) is 0 Å². The van der Waals surface area contributed by atoms with Crippen LogP contribution in [0.15, 0.2) is 28.7 Å². The van der Waals surface area contributed by atoms with Gasteiger partial charge in [0.1, 0.15) is 0 Å². The van der Waals surface area contributed by atoms with E-state index in [0.717, 1.165) is 37.3 Å². The first-order valence-corrected chi connectivity index (χ1v) is 7.03. The highest BCUT2D eigenvalue weighted by molar-refractivity contribution is 9.10. The lowest BCUT2D eigenvalue weighted by molar-refractivity contribution is -0.00177. The molecule has 0 aliphatic carbocycles. The van der Waals surface area contributed by atoms with Crippen LogP contribution in [0.2, 0.25) is 0 Å². The van der Waals surface area contributed by atoms with Gasteiger partial charge in [-0.1, -0.05) is 15.9 Å². The van der Waals surface area contributed by atoms with Crippen LogP contribution in [0.3, 0.4) is 0 Å². The highest BCUT2D eigenvalue weighted by atomic mass is 79.9. The Morgan fingerprint density at radius 1 is 1.32 bits per heavy atom. The Hall–Kier alpha value is -0.950. The minimum atomic E-state index is -0.227. The third-order valence-corrected chi connectivity index (χ3v) is 3.41. The number of carbonyl (C=O) groups is 1. The number of hydroxylamine groups is 1. The average Bonchev–Trinajstić information content (AvgIpc) is 2.45. The largest absolute Gasteiger partial charge is 0.379 e. The smallest absolute Gasteiger partial charge is 0.274 e. The number of hydrogen-bond donors (Lipinski definition) is 1. The quantitative estimate of drug-likeness (QED) is 0.656. The summed E-state index contributed by atoms with van der Waals surface area (Å²) in [6, 6.07) is 7.13. The summed E-state index contributed by atoms with van der Waals surface area (Å²) in [6.45, 7) is 4.65. The molecule has 1 heterocycles. The average molecular weight is 329 g/mol. The van der Waals surface area contributed by atoms with Gasteiger partial charge < -0.3 is 4.74 Å². The molecule has 1 aromatic carbocycles. The maximum absolute atomic E-state index is 11.7. The molecule has 5 nitrogen and oxygen atoms in total. The van der Waals surface area contributed by atoms with E-state index in [1.165, 1.54) is 0 Å². The molecule has 0 radical (unpaired) electrons. The lowest BCUT2D eigenvalue weighted by Crippen LogP contribution is -2.39. The summed E-state index contributed by atoms with van der Waals surface area (Å²) in [7, 11) is 0. The van der Waals surface area contributed by atoms with E-state index in [9.17, 15) is 4.79 Å². The molecule has 0 saturated carbocycles. The van der Waals surface area contributed by atoms with Crippen molar-refractivity contribution >= 4 is 21.8 Å². The summed E-state index contributed by atoms with van der Waals surface area (Å²) in [5.41, 5.74) is 3.02. The second-order valence-electron chi connectivity index (χ2n) is 4.24. The van der Waals surface area contributed by atoms with Crippen molar-refractivity contribution < 1.29 is 14.4 Å². The minimum absolute atomic E-state index is 0.227. The van der Waals surface area contributed by atoms with E-state index in [4.69, 9.17) is 9.57 Å². The number of carbonyl (C=O) groups excluding carboxylic acids is 1. The van der Waals surface area contributed by atoms with Crippen molar-refractivity contribution in [1.82, 2.24) is 10.4 Å². The third kappa shape index (κ3) is 4.91. The second kappa shape index (κ2) is 7.59. The Labute approximate surface area is 121 Å². The van der Waals surface area contributed by atoms with Crippen LogP contribution in [0.25, 0.3) is 0 Å². The summed E-state index contributed by atoms with van der Waals surface area (Å²) in [5.74, 6) is -0.227. The number of hydrogen-bond acceptors (Lipinski definition) is 4. The summed E-state index contributed by atoms with van der Waals surface area (Å²) in [6.07, 6.45) is 0. The molecule has 1 fully saturated rings. The van der Waals surface area contributed by atoms with E-state index in [1.54, 1.807) is 12.1 Å². The molecule has 0 aromatic heterocycles. The normalized spacial score (nSPS) is 16.3. The van der Waals surface area contributed by atoms with E-state index in [2.05, 4.69) is 26.3 Å². The SMILES string of the molecule is O=C(NOCCN1CCOCC1)c1ccc(Br)cc1. The molecular formula is C13H17BrN2O3. The van der Waals surface area contributed by atoms with E-state index >= 15 is 0 Å². The first-order chi connectivity index (χ1) is 9.25. The van der Waals surface area contributed by atoms with Gasteiger partial charge in [-0.15, -0.1) is 0 Å². The van der Waals surface area contributed by atoms with Gasteiger partial charge >= 0.3 is 0 Å². The fourth-order valence-corrected chi connectivity index (χ4v) is 2.04. The Morgan fingerprint density at radius 2 is 2.00 bits per heavy atom. The number of nitrogens with zero attached hydrogens (tertiary/aromatic N) is 1. The molecule has 1 aliphatic heterocycles. The van der Waals surface area contributed by atoms with Crippen LogP contribution < -0.4 is 5.48 Å². The number of amides is 1. The molecule has 104 valence electrons. The van der Waals surface area contributed by atoms with Crippen molar-refractivity contribution in [2.45, 2.75) is 0 Å². The predicted octanol–water partition coefficient (Wildman–Crippen LogP) is 1.44. The van der Waals surface area contributed by atoms with Crippen molar-refractivity contribution in [2.75, 3.05) is 39.5 Å². The Morgan fingerprint density at radius 3 is 2.68 bits per heavy atom. The van der Waals surface area contributed by atoms with E-state index in [-0.39, 0.29) is 5.91 Å².